The molecule has 0 amide bonds. The summed E-state index contributed by atoms with van der Waals surface area (Å²) < 4.78 is 6.51. The first kappa shape index (κ1) is 10.5. The molecule has 0 saturated carbocycles. The molecule has 0 atom stereocenters. The second-order valence-corrected chi connectivity index (χ2v) is 3.53. The highest BCUT2D eigenvalue weighted by Crippen LogP contribution is 2.15. The maximum absolute atomic E-state index is 5.45. The molecule has 0 heterocycles. The zero-order valence-electron chi connectivity index (χ0n) is 7.29. The molecule has 1 aromatic rings. The van der Waals surface area contributed by atoms with Gasteiger partial charge in [-0.15, -0.1) is 0 Å². The van der Waals surface area contributed by atoms with Crippen molar-refractivity contribution in [3.8, 4) is 5.75 Å². The molecule has 0 radical (unpaired) electrons. The van der Waals surface area contributed by atoms with E-state index in [1.54, 1.807) is 0 Å². The fraction of sp³-hybridized carbons (Fsp3) is 0.333. The van der Waals surface area contributed by atoms with Crippen LogP contribution in [0.25, 0.3) is 0 Å². The number of hydrazine groups is 1. The Morgan fingerprint density at radius 3 is 2.62 bits per heavy atom. The van der Waals surface area contributed by atoms with Gasteiger partial charge in [-0.25, -0.2) is 0 Å². The van der Waals surface area contributed by atoms with Gasteiger partial charge < -0.3 is 4.74 Å². The summed E-state index contributed by atoms with van der Waals surface area (Å²) in [6.07, 6.45) is 0.909. The second kappa shape index (κ2) is 5.96. The largest absolute Gasteiger partial charge is 0.494 e. The molecule has 0 aromatic heterocycles. The van der Waals surface area contributed by atoms with Crippen LogP contribution in [0.15, 0.2) is 28.7 Å². The smallest absolute Gasteiger partial charge is 0.119 e. The number of nitrogens with one attached hydrogen (secondary N) is 1. The summed E-state index contributed by atoms with van der Waals surface area (Å²) in [5.41, 5.74) is 2.58. The first-order chi connectivity index (χ1) is 6.33. The number of hydrogen-bond donors (Lipinski definition) is 2. The van der Waals surface area contributed by atoms with Crippen LogP contribution in [-0.2, 0) is 0 Å². The molecule has 0 unspecified atom stereocenters. The topological polar surface area (TPSA) is 47.3 Å². The number of rotatable bonds is 5. The van der Waals surface area contributed by atoms with Crippen LogP contribution in [0, 0.1) is 0 Å². The molecule has 72 valence electrons. The van der Waals surface area contributed by atoms with Crippen molar-refractivity contribution in [1.82, 2.24) is 5.43 Å². The van der Waals surface area contributed by atoms with Crippen LogP contribution in [0.5, 0.6) is 5.75 Å². The Kier molecular flexibility index (Phi) is 4.82. The van der Waals surface area contributed by atoms with Crippen molar-refractivity contribution in [2.45, 2.75) is 6.42 Å². The minimum Gasteiger partial charge on any atom is -0.494 e. The summed E-state index contributed by atoms with van der Waals surface area (Å²) in [4.78, 5) is 0. The summed E-state index contributed by atoms with van der Waals surface area (Å²) in [7, 11) is 0. The van der Waals surface area contributed by atoms with E-state index in [1.165, 1.54) is 0 Å². The predicted octanol–water partition coefficient (Wildman–Crippen LogP) is 1.68. The average Bonchev–Trinajstić information content (AvgIpc) is 2.15. The van der Waals surface area contributed by atoms with Gasteiger partial charge in [-0.3, -0.25) is 11.3 Å². The van der Waals surface area contributed by atoms with E-state index in [4.69, 9.17) is 10.6 Å². The Morgan fingerprint density at radius 2 is 2.00 bits per heavy atom. The molecular formula is C9H13BrN2O. The van der Waals surface area contributed by atoms with Gasteiger partial charge in [0, 0.05) is 11.0 Å². The lowest BCUT2D eigenvalue weighted by molar-refractivity contribution is 0.308. The third-order valence-corrected chi connectivity index (χ3v) is 2.08. The highest BCUT2D eigenvalue weighted by molar-refractivity contribution is 9.10. The predicted molar refractivity (Wildman–Crippen MR) is 56.4 cm³/mol. The van der Waals surface area contributed by atoms with E-state index in [1.807, 2.05) is 24.3 Å². The lowest BCUT2D eigenvalue weighted by Crippen LogP contribution is -2.24. The van der Waals surface area contributed by atoms with Crippen LogP contribution in [0.1, 0.15) is 6.42 Å². The van der Waals surface area contributed by atoms with Crippen LogP contribution in [-0.4, -0.2) is 13.2 Å². The zero-order valence-corrected chi connectivity index (χ0v) is 8.88. The maximum atomic E-state index is 5.45. The SMILES string of the molecule is NNCCCOc1ccc(Br)cc1. The van der Waals surface area contributed by atoms with E-state index in [-0.39, 0.29) is 0 Å². The van der Waals surface area contributed by atoms with Crippen molar-refractivity contribution in [3.63, 3.8) is 0 Å². The first-order valence-corrected chi connectivity index (χ1v) is 4.94. The van der Waals surface area contributed by atoms with Crippen LogP contribution < -0.4 is 16.0 Å². The van der Waals surface area contributed by atoms with Gasteiger partial charge >= 0.3 is 0 Å². The number of benzene rings is 1. The molecule has 3 N–H and O–H groups in total. The van der Waals surface area contributed by atoms with Gasteiger partial charge in [0.1, 0.15) is 5.75 Å². The third-order valence-electron chi connectivity index (χ3n) is 1.55. The van der Waals surface area contributed by atoms with Gasteiger partial charge in [0.05, 0.1) is 6.61 Å². The van der Waals surface area contributed by atoms with Crippen molar-refractivity contribution in [2.24, 2.45) is 5.84 Å². The molecule has 1 rings (SSSR count). The highest BCUT2D eigenvalue weighted by atomic mass is 79.9. The summed E-state index contributed by atoms with van der Waals surface area (Å²) in [5, 5.41) is 0. The maximum Gasteiger partial charge on any atom is 0.119 e. The molecule has 0 fully saturated rings. The van der Waals surface area contributed by atoms with E-state index in [0.717, 1.165) is 23.2 Å². The van der Waals surface area contributed by atoms with Gasteiger partial charge in [0.15, 0.2) is 0 Å². The van der Waals surface area contributed by atoms with Crippen molar-refractivity contribution in [3.05, 3.63) is 28.7 Å². The third kappa shape index (κ3) is 4.26. The lowest BCUT2D eigenvalue weighted by atomic mass is 10.3. The zero-order chi connectivity index (χ0) is 9.52. The van der Waals surface area contributed by atoms with Crippen LogP contribution in [0.4, 0.5) is 0 Å². The molecule has 1 aromatic carbocycles. The second-order valence-electron chi connectivity index (χ2n) is 2.61. The fourth-order valence-corrected chi connectivity index (χ4v) is 1.16. The van der Waals surface area contributed by atoms with Gasteiger partial charge in [-0.05, 0) is 30.7 Å². The Hall–Kier alpha value is -0.580. The minimum absolute atomic E-state index is 0.686. The van der Waals surface area contributed by atoms with Gasteiger partial charge in [0.2, 0.25) is 0 Å². The van der Waals surface area contributed by atoms with Crippen molar-refractivity contribution < 1.29 is 4.74 Å². The molecular weight excluding hydrogens is 232 g/mol. The molecule has 0 aliphatic carbocycles. The Bertz CT molecular complexity index is 238. The van der Waals surface area contributed by atoms with E-state index in [0.29, 0.717) is 6.61 Å². The molecule has 0 bridgehead atoms. The molecule has 0 aliphatic heterocycles. The fourth-order valence-electron chi connectivity index (χ4n) is 0.895. The number of hydrogen-bond acceptors (Lipinski definition) is 3. The summed E-state index contributed by atoms with van der Waals surface area (Å²) >= 11 is 3.36. The average molecular weight is 245 g/mol. The summed E-state index contributed by atoms with van der Waals surface area (Å²) in [6.45, 7) is 1.46. The van der Waals surface area contributed by atoms with E-state index in [9.17, 15) is 0 Å². The normalized spacial score (nSPS) is 10.0. The Morgan fingerprint density at radius 1 is 1.31 bits per heavy atom. The number of halogens is 1. The van der Waals surface area contributed by atoms with Crippen molar-refractivity contribution in [2.75, 3.05) is 13.2 Å². The molecule has 13 heavy (non-hydrogen) atoms. The number of nitrogens with two attached hydrogens (primary N) is 1. The monoisotopic (exact) mass is 244 g/mol. The number of ether oxygens (including phenoxy) is 1. The first-order valence-electron chi connectivity index (χ1n) is 4.15. The van der Waals surface area contributed by atoms with Gasteiger partial charge in [-0.1, -0.05) is 15.9 Å². The van der Waals surface area contributed by atoms with E-state index >= 15 is 0 Å². The molecule has 0 spiro atoms. The summed E-state index contributed by atoms with van der Waals surface area (Å²) in [5.74, 6) is 6.01. The lowest BCUT2D eigenvalue weighted by Gasteiger charge is -2.05. The Balaban J connectivity index is 2.25. The van der Waals surface area contributed by atoms with Gasteiger partial charge in [0.25, 0.3) is 0 Å². The van der Waals surface area contributed by atoms with Crippen molar-refractivity contribution >= 4 is 15.9 Å². The van der Waals surface area contributed by atoms with E-state index in [2.05, 4.69) is 21.4 Å². The molecule has 4 heteroatoms. The van der Waals surface area contributed by atoms with Crippen LogP contribution in [0.2, 0.25) is 0 Å². The molecule has 0 saturated heterocycles. The van der Waals surface area contributed by atoms with Crippen LogP contribution in [0.3, 0.4) is 0 Å². The highest BCUT2D eigenvalue weighted by Gasteiger charge is 1.92. The standard InChI is InChI=1S/C9H13BrN2O/c10-8-2-4-9(5-3-8)13-7-1-6-12-11/h2-5,12H,1,6-7,11H2. The Labute approximate surface area is 86.4 Å². The van der Waals surface area contributed by atoms with Crippen LogP contribution >= 0.6 is 15.9 Å². The molecule has 3 nitrogen and oxygen atoms in total. The van der Waals surface area contributed by atoms with Crippen molar-refractivity contribution in [1.29, 1.82) is 0 Å². The van der Waals surface area contributed by atoms with E-state index < -0.39 is 0 Å². The quantitative estimate of drug-likeness (QED) is 0.471. The summed E-state index contributed by atoms with van der Waals surface area (Å²) in [6, 6.07) is 7.77. The minimum atomic E-state index is 0.686. The molecule has 0 aliphatic rings. The van der Waals surface area contributed by atoms with Gasteiger partial charge in [-0.2, -0.15) is 0 Å².